The molecule has 1 saturated heterocycles. The summed E-state index contributed by atoms with van der Waals surface area (Å²) in [6.45, 7) is 0. The van der Waals surface area contributed by atoms with Gasteiger partial charge in [0.1, 0.15) is 0 Å². The Labute approximate surface area is 109 Å². The van der Waals surface area contributed by atoms with Crippen LogP contribution in [0, 0.1) is 0 Å². The van der Waals surface area contributed by atoms with Gasteiger partial charge in [0.15, 0.2) is 5.78 Å². The summed E-state index contributed by atoms with van der Waals surface area (Å²) in [6.07, 6.45) is 1.90. The lowest BCUT2D eigenvalue weighted by atomic mass is 10.1. The van der Waals surface area contributed by atoms with Crippen molar-refractivity contribution >= 4 is 40.9 Å². The molecule has 0 atom stereocenters. The van der Waals surface area contributed by atoms with E-state index in [2.05, 4.69) is 0 Å². The largest absolute Gasteiger partial charge is 0.294 e. The van der Waals surface area contributed by atoms with Gasteiger partial charge in [-0.05, 0) is 42.2 Å². The first-order valence-electron chi connectivity index (χ1n) is 5.28. The van der Waals surface area contributed by atoms with Crippen molar-refractivity contribution in [2.45, 2.75) is 17.4 Å². The number of halogens is 1. The molecule has 1 aromatic carbocycles. The Morgan fingerprint density at radius 2 is 1.88 bits per heavy atom. The highest BCUT2D eigenvalue weighted by atomic mass is 35.5. The third-order valence-corrected chi connectivity index (χ3v) is 5.61. The maximum absolute atomic E-state index is 12.0. The van der Waals surface area contributed by atoms with Gasteiger partial charge in [-0.1, -0.05) is 11.6 Å². The zero-order valence-electron chi connectivity index (χ0n) is 8.82. The molecule has 0 aliphatic carbocycles. The molecule has 0 N–H and O–H groups in total. The van der Waals surface area contributed by atoms with E-state index in [1.807, 2.05) is 35.7 Å². The van der Waals surface area contributed by atoms with Gasteiger partial charge in [-0.25, -0.2) is 0 Å². The SMILES string of the molecule is O=C(CC1SCCCS1)c1ccc(Cl)cc1. The average Bonchev–Trinajstić information content (AvgIpc) is 2.31. The van der Waals surface area contributed by atoms with Crippen LogP contribution in [0.4, 0.5) is 0 Å². The number of hydrogen-bond donors (Lipinski definition) is 0. The van der Waals surface area contributed by atoms with E-state index in [4.69, 9.17) is 11.6 Å². The molecule has 1 aliphatic rings. The van der Waals surface area contributed by atoms with Gasteiger partial charge >= 0.3 is 0 Å². The Kier molecular flexibility index (Phi) is 4.62. The van der Waals surface area contributed by atoms with Gasteiger partial charge in [0.25, 0.3) is 0 Å². The van der Waals surface area contributed by atoms with Gasteiger partial charge in [-0.3, -0.25) is 4.79 Å². The molecular formula is C12H13ClOS2. The Bertz CT molecular complexity index is 358. The molecule has 0 radical (unpaired) electrons. The zero-order valence-corrected chi connectivity index (χ0v) is 11.2. The van der Waals surface area contributed by atoms with Crippen LogP contribution in [0.5, 0.6) is 0 Å². The maximum atomic E-state index is 12.0. The summed E-state index contributed by atoms with van der Waals surface area (Å²) < 4.78 is 0.442. The van der Waals surface area contributed by atoms with E-state index < -0.39 is 0 Å². The van der Waals surface area contributed by atoms with Gasteiger partial charge in [0.2, 0.25) is 0 Å². The molecule has 0 saturated carbocycles. The molecule has 86 valence electrons. The predicted octanol–water partition coefficient (Wildman–Crippen LogP) is 4.11. The molecule has 0 aromatic heterocycles. The number of benzene rings is 1. The van der Waals surface area contributed by atoms with Crippen molar-refractivity contribution in [3.05, 3.63) is 34.9 Å². The average molecular weight is 273 g/mol. The number of thioether (sulfide) groups is 2. The second-order valence-corrected chi connectivity index (χ2v) is 7.01. The molecule has 0 amide bonds. The van der Waals surface area contributed by atoms with Crippen molar-refractivity contribution in [3.63, 3.8) is 0 Å². The topological polar surface area (TPSA) is 17.1 Å². The Hall–Kier alpha value is -0.120. The third-order valence-electron chi connectivity index (χ3n) is 2.41. The minimum absolute atomic E-state index is 0.226. The van der Waals surface area contributed by atoms with E-state index >= 15 is 0 Å². The molecular weight excluding hydrogens is 260 g/mol. The van der Waals surface area contributed by atoms with Crippen LogP contribution < -0.4 is 0 Å². The Morgan fingerprint density at radius 1 is 1.25 bits per heavy atom. The summed E-state index contributed by atoms with van der Waals surface area (Å²) in [4.78, 5) is 12.0. The van der Waals surface area contributed by atoms with Crippen molar-refractivity contribution in [3.8, 4) is 0 Å². The first kappa shape index (κ1) is 12.3. The van der Waals surface area contributed by atoms with Crippen LogP contribution in [0.15, 0.2) is 24.3 Å². The normalized spacial score (nSPS) is 17.3. The lowest BCUT2D eigenvalue weighted by molar-refractivity contribution is 0.0987. The van der Waals surface area contributed by atoms with Crippen molar-refractivity contribution in [2.24, 2.45) is 0 Å². The second kappa shape index (κ2) is 5.99. The molecule has 2 rings (SSSR count). The fourth-order valence-corrected chi connectivity index (χ4v) is 4.52. The minimum Gasteiger partial charge on any atom is -0.294 e. The molecule has 1 fully saturated rings. The molecule has 0 bridgehead atoms. The van der Waals surface area contributed by atoms with Crippen LogP contribution >= 0.6 is 35.1 Å². The maximum Gasteiger partial charge on any atom is 0.164 e. The summed E-state index contributed by atoms with van der Waals surface area (Å²) in [5, 5.41) is 0.679. The third kappa shape index (κ3) is 3.44. The Balaban J connectivity index is 1.94. The van der Waals surface area contributed by atoms with E-state index in [0.717, 1.165) is 5.56 Å². The van der Waals surface area contributed by atoms with Crippen LogP contribution in [-0.2, 0) is 0 Å². The van der Waals surface area contributed by atoms with E-state index in [1.54, 1.807) is 12.1 Å². The van der Waals surface area contributed by atoms with Gasteiger partial charge in [0.05, 0.1) is 4.58 Å². The zero-order chi connectivity index (χ0) is 11.4. The summed E-state index contributed by atoms with van der Waals surface area (Å²) in [5.74, 6) is 2.60. The summed E-state index contributed by atoms with van der Waals surface area (Å²) in [6, 6.07) is 7.16. The van der Waals surface area contributed by atoms with Crippen LogP contribution in [0.2, 0.25) is 5.02 Å². The molecule has 1 nitrogen and oxygen atoms in total. The number of Topliss-reactive ketones (excluding diaryl/α,β-unsaturated/α-hetero) is 1. The van der Waals surface area contributed by atoms with E-state index in [9.17, 15) is 4.79 Å². The molecule has 4 heteroatoms. The number of carbonyl (C=O) groups excluding carboxylic acids is 1. The van der Waals surface area contributed by atoms with Crippen LogP contribution in [0.25, 0.3) is 0 Å². The second-order valence-electron chi connectivity index (χ2n) is 3.66. The summed E-state index contributed by atoms with van der Waals surface area (Å²) in [5.41, 5.74) is 0.774. The van der Waals surface area contributed by atoms with Crippen LogP contribution in [-0.4, -0.2) is 21.9 Å². The number of carbonyl (C=O) groups is 1. The standard InChI is InChI=1S/C12H13ClOS2/c13-10-4-2-9(3-5-10)11(14)8-12-15-6-1-7-16-12/h2-5,12H,1,6-8H2. The van der Waals surface area contributed by atoms with Gasteiger partial charge in [-0.15, -0.1) is 23.5 Å². The smallest absolute Gasteiger partial charge is 0.164 e. The Morgan fingerprint density at radius 3 is 2.50 bits per heavy atom. The number of rotatable bonds is 3. The highest BCUT2D eigenvalue weighted by Crippen LogP contribution is 2.33. The number of ketones is 1. The van der Waals surface area contributed by atoms with Crippen molar-refractivity contribution in [1.29, 1.82) is 0 Å². The first-order valence-corrected chi connectivity index (χ1v) is 7.75. The fourth-order valence-electron chi connectivity index (χ4n) is 1.56. The van der Waals surface area contributed by atoms with Crippen LogP contribution in [0.1, 0.15) is 23.2 Å². The molecule has 1 aromatic rings. The quantitative estimate of drug-likeness (QED) is 0.771. The fraction of sp³-hybridized carbons (Fsp3) is 0.417. The lowest BCUT2D eigenvalue weighted by Crippen LogP contribution is -2.12. The van der Waals surface area contributed by atoms with Crippen molar-refractivity contribution in [2.75, 3.05) is 11.5 Å². The summed E-state index contributed by atoms with van der Waals surface area (Å²) in [7, 11) is 0. The predicted molar refractivity (Wildman–Crippen MR) is 73.7 cm³/mol. The van der Waals surface area contributed by atoms with Crippen molar-refractivity contribution < 1.29 is 4.79 Å². The molecule has 16 heavy (non-hydrogen) atoms. The van der Waals surface area contributed by atoms with Gasteiger partial charge in [0, 0.05) is 17.0 Å². The van der Waals surface area contributed by atoms with E-state index in [0.29, 0.717) is 16.0 Å². The molecule has 1 aliphatic heterocycles. The first-order chi connectivity index (χ1) is 7.75. The van der Waals surface area contributed by atoms with E-state index in [-0.39, 0.29) is 5.78 Å². The monoisotopic (exact) mass is 272 g/mol. The van der Waals surface area contributed by atoms with Crippen LogP contribution in [0.3, 0.4) is 0 Å². The van der Waals surface area contributed by atoms with E-state index in [1.165, 1.54) is 17.9 Å². The summed E-state index contributed by atoms with van der Waals surface area (Å²) >= 11 is 9.60. The van der Waals surface area contributed by atoms with Crippen molar-refractivity contribution in [1.82, 2.24) is 0 Å². The molecule has 1 heterocycles. The van der Waals surface area contributed by atoms with Gasteiger partial charge in [-0.2, -0.15) is 0 Å². The van der Waals surface area contributed by atoms with Gasteiger partial charge < -0.3 is 0 Å². The molecule has 0 spiro atoms. The number of hydrogen-bond acceptors (Lipinski definition) is 3. The minimum atomic E-state index is 0.226. The highest BCUT2D eigenvalue weighted by molar-refractivity contribution is 8.17. The lowest BCUT2D eigenvalue weighted by Gasteiger charge is -2.19. The molecule has 0 unspecified atom stereocenters. The highest BCUT2D eigenvalue weighted by Gasteiger charge is 2.18.